The molecule has 0 spiro atoms. The maximum absolute atomic E-state index is 13.7. The third kappa shape index (κ3) is 6.93. The zero-order chi connectivity index (χ0) is 33.9. The molecule has 4 aromatic carbocycles. The first-order chi connectivity index (χ1) is 23.1. The van der Waals surface area contributed by atoms with E-state index in [-0.39, 0.29) is 11.9 Å². The molecule has 1 aliphatic heterocycles. The van der Waals surface area contributed by atoms with Crippen molar-refractivity contribution in [3.63, 3.8) is 0 Å². The van der Waals surface area contributed by atoms with E-state index in [2.05, 4.69) is 15.5 Å². The van der Waals surface area contributed by atoms with Crippen LogP contribution in [0.4, 0.5) is 18.9 Å². The number of fused-ring (bicyclic) bond motifs is 3. The van der Waals surface area contributed by atoms with Gasteiger partial charge in [-0.3, -0.25) is 9.59 Å². The first-order valence-corrected chi connectivity index (χ1v) is 16.7. The second kappa shape index (κ2) is 14.0. The molecule has 4 N–H and O–H groups in total. The molecule has 0 radical (unpaired) electrons. The number of nitrogen functional groups attached to an aromatic ring is 1. The van der Waals surface area contributed by atoms with Gasteiger partial charge in [0.2, 0.25) is 5.91 Å². The molecule has 1 fully saturated rings. The van der Waals surface area contributed by atoms with Crippen molar-refractivity contribution in [3.8, 4) is 22.3 Å². The maximum Gasteiger partial charge on any atom is 0.405 e. The Kier molecular flexibility index (Phi) is 9.80. The van der Waals surface area contributed by atoms with Crippen LogP contribution in [-0.2, 0) is 10.2 Å². The van der Waals surface area contributed by atoms with Gasteiger partial charge in [-0.25, -0.2) is 0 Å². The Hall–Kier alpha value is -4.34. The van der Waals surface area contributed by atoms with Crippen molar-refractivity contribution >= 4 is 29.1 Å². The van der Waals surface area contributed by atoms with Crippen LogP contribution in [0.2, 0.25) is 5.02 Å². The number of anilines is 1. The molecule has 0 unspecified atom stereocenters. The number of rotatable bonds is 10. The number of unbranched alkanes of at least 4 members (excludes halogenated alkanes) is 1. The average molecular weight is 675 g/mol. The van der Waals surface area contributed by atoms with E-state index < -0.39 is 24.0 Å². The Morgan fingerprint density at radius 3 is 2.06 bits per heavy atom. The van der Waals surface area contributed by atoms with Crippen LogP contribution in [-0.4, -0.2) is 55.1 Å². The highest BCUT2D eigenvalue weighted by molar-refractivity contribution is 6.31. The molecule has 2 amide bonds. The minimum Gasteiger partial charge on any atom is -0.398 e. The van der Waals surface area contributed by atoms with Crippen LogP contribution in [0, 0.1) is 0 Å². The molecular formula is C38H38ClF3N4O2. The van der Waals surface area contributed by atoms with Gasteiger partial charge in [0, 0.05) is 41.0 Å². The topological polar surface area (TPSA) is 87.5 Å². The minimum atomic E-state index is -4.51. The lowest BCUT2D eigenvalue weighted by Gasteiger charge is -2.33. The number of alkyl halides is 3. The summed E-state index contributed by atoms with van der Waals surface area (Å²) in [5.74, 6) is -0.765. The van der Waals surface area contributed by atoms with Gasteiger partial charge in [0.15, 0.2) is 0 Å². The fraction of sp³-hybridized carbons (Fsp3) is 0.316. The number of benzene rings is 4. The maximum atomic E-state index is 13.7. The summed E-state index contributed by atoms with van der Waals surface area (Å²) in [4.78, 5) is 29.5. The summed E-state index contributed by atoms with van der Waals surface area (Å²) in [6, 6.07) is 27.7. The minimum absolute atomic E-state index is 0.0245. The predicted molar refractivity (Wildman–Crippen MR) is 184 cm³/mol. The predicted octanol–water partition coefficient (Wildman–Crippen LogP) is 7.60. The van der Waals surface area contributed by atoms with Crippen molar-refractivity contribution in [3.05, 3.63) is 113 Å². The van der Waals surface area contributed by atoms with Crippen molar-refractivity contribution < 1.29 is 22.8 Å². The lowest BCUT2D eigenvalue weighted by molar-refractivity contribution is -0.141. The zero-order valence-electron chi connectivity index (χ0n) is 26.5. The second-order valence-electron chi connectivity index (χ2n) is 12.6. The molecule has 250 valence electrons. The fourth-order valence-corrected chi connectivity index (χ4v) is 7.45. The van der Waals surface area contributed by atoms with Crippen molar-refractivity contribution in [2.45, 2.75) is 49.7 Å². The Balaban J connectivity index is 1.06. The fourth-order valence-electron chi connectivity index (χ4n) is 7.27. The lowest BCUT2D eigenvalue weighted by Crippen LogP contribution is -2.47. The van der Waals surface area contributed by atoms with E-state index in [1.807, 2.05) is 72.8 Å². The molecule has 0 atom stereocenters. The van der Waals surface area contributed by atoms with Gasteiger partial charge in [-0.2, -0.15) is 13.2 Å². The summed E-state index contributed by atoms with van der Waals surface area (Å²) in [6.45, 7) is 1.03. The molecule has 1 saturated heterocycles. The normalized spacial score (nSPS) is 15.8. The molecule has 1 heterocycles. The quantitative estimate of drug-likeness (QED) is 0.119. The Morgan fingerprint density at radius 1 is 0.833 bits per heavy atom. The van der Waals surface area contributed by atoms with E-state index in [0.717, 1.165) is 72.3 Å². The van der Waals surface area contributed by atoms with Gasteiger partial charge in [0.05, 0.1) is 0 Å². The highest BCUT2D eigenvalue weighted by atomic mass is 35.5. The number of nitrogens with zero attached hydrogens (tertiary/aromatic N) is 1. The molecule has 1 aliphatic carbocycles. The van der Waals surface area contributed by atoms with Gasteiger partial charge >= 0.3 is 6.18 Å². The van der Waals surface area contributed by atoms with Gasteiger partial charge in [0.25, 0.3) is 5.91 Å². The van der Waals surface area contributed by atoms with Gasteiger partial charge in [-0.15, -0.1) is 0 Å². The number of likely N-dealkylation sites (tertiary alicyclic amines) is 1. The van der Waals surface area contributed by atoms with E-state index in [9.17, 15) is 22.8 Å². The van der Waals surface area contributed by atoms with Gasteiger partial charge < -0.3 is 21.3 Å². The van der Waals surface area contributed by atoms with E-state index >= 15 is 0 Å². The van der Waals surface area contributed by atoms with Crippen molar-refractivity contribution in [1.82, 2.24) is 15.5 Å². The molecular weight excluding hydrogens is 637 g/mol. The highest BCUT2D eigenvalue weighted by Crippen LogP contribution is 2.51. The molecule has 2 aliphatic rings. The standard InChI is InChI=1S/C38H38ClF3N4O2/c39-25-15-16-30(34(43)23-25)27-9-1-2-12-31(27)35(47)45-26-17-21-46(22-18-26)20-8-7-19-37(36(48)44-24-38(40,41)42)32-13-5-3-10-28(32)29-11-4-6-14-33(29)37/h1-6,9-16,23,26H,7-8,17-22,24,43H2,(H,44,48)(H,45,47). The molecule has 10 heteroatoms. The third-order valence-corrected chi connectivity index (χ3v) is 9.81. The molecule has 6 rings (SSSR count). The summed E-state index contributed by atoms with van der Waals surface area (Å²) in [7, 11) is 0. The molecule has 6 nitrogen and oxygen atoms in total. The second-order valence-corrected chi connectivity index (χ2v) is 13.1. The Labute approximate surface area is 283 Å². The van der Waals surface area contributed by atoms with Crippen LogP contribution in [0.25, 0.3) is 22.3 Å². The lowest BCUT2D eigenvalue weighted by atomic mass is 9.73. The first-order valence-electron chi connectivity index (χ1n) is 16.3. The summed E-state index contributed by atoms with van der Waals surface area (Å²) < 4.78 is 39.5. The number of piperidine rings is 1. The number of nitrogens with two attached hydrogens (primary N) is 1. The van der Waals surface area contributed by atoms with Crippen LogP contribution in [0.1, 0.15) is 53.6 Å². The number of carbonyl (C=O) groups is 2. The van der Waals surface area contributed by atoms with E-state index in [4.69, 9.17) is 17.3 Å². The number of hydrogen-bond donors (Lipinski definition) is 3. The van der Waals surface area contributed by atoms with Crippen molar-refractivity contribution in [2.75, 3.05) is 31.9 Å². The average Bonchev–Trinajstić information content (AvgIpc) is 3.36. The number of nitrogens with one attached hydrogen (secondary N) is 2. The summed E-state index contributed by atoms with van der Waals surface area (Å²) in [6.07, 6.45) is -1.08. The molecule has 0 saturated carbocycles. The zero-order valence-corrected chi connectivity index (χ0v) is 27.2. The Bertz CT molecular complexity index is 1760. The van der Waals surface area contributed by atoms with Gasteiger partial charge in [-0.05, 0) is 78.2 Å². The van der Waals surface area contributed by atoms with Gasteiger partial charge in [0.1, 0.15) is 12.0 Å². The number of hydrogen-bond acceptors (Lipinski definition) is 4. The number of halogens is 4. The SMILES string of the molecule is Nc1cc(Cl)ccc1-c1ccccc1C(=O)NC1CCN(CCCCC2(C(=O)NCC(F)(F)F)c3ccccc3-c3ccccc32)CC1. The van der Waals surface area contributed by atoms with E-state index in [0.29, 0.717) is 29.1 Å². The molecule has 4 aromatic rings. The molecule has 0 aromatic heterocycles. The summed E-state index contributed by atoms with van der Waals surface area (Å²) >= 11 is 6.08. The first kappa shape index (κ1) is 33.6. The molecule has 0 bridgehead atoms. The smallest absolute Gasteiger partial charge is 0.398 e. The van der Waals surface area contributed by atoms with Crippen LogP contribution < -0.4 is 16.4 Å². The Morgan fingerprint density at radius 2 is 1.44 bits per heavy atom. The third-order valence-electron chi connectivity index (χ3n) is 9.58. The largest absolute Gasteiger partial charge is 0.405 e. The van der Waals surface area contributed by atoms with Crippen molar-refractivity contribution in [2.24, 2.45) is 0 Å². The van der Waals surface area contributed by atoms with E-state index in [1.165, 1.54) is 0 Å². The summed E-state index contributed by atoms with van der Waals surface area (Å²) in [5.41, 5.74) is 10.9. The van der Waals surface area contributed by atoms with Crippen molar-refractivity contribution in [1.29, 1.82) is 0 Å². The van der Waals surface area contributed by atoms with Gasteiger partial charge in [-0.1, -0.05) is 90.8 Å². The number of amides is 2. The molecule has 48 heavy (non-hydrogen) atoms. The summed E-state index contributed by atoms with van der Waals surface area (Å²) in [5, 5.41) is 5.94. The van der Waals surface area contributed by atoms with Crippen LogP contribution in [0.3, 0.4) is 0 Å². The van der Waals surface area contributed by atoms with Crippen LogP contribution >= 0.6 is 11.6 Å². The van der Waals surface area contributed by atoms with Crippen LogP contribution in [0.15, 0.2) is 91.0 Å². The number of carbonyl (C=O) groups excluding carboxylic acids is 2. The highest BCUT2D eigenvalue weighted by Gasteiger charge is 2.49. The van der Waals surface area contributed by atoms with E-state index in [1.54, 1.807) is 18.2 Å². The van der Waals surface area contributed by atoms with Crippen LogP contribution in [0.5, 0.6) is 0 Å². The monoisotopic (exact) mass is 674 g/mol.